The summed E-state index contributed by atoms with van der Waals surface area (Å²) in [5.74, 6) is 0.817. The van der Waals surface area contributed by atoms with E-state index in [-0.39, 0.29) is 0 Å². The van der Waals surface area contributed by atoms with E-state index in [2.05, 4.69) is 15.1 Å². The Bertz CT molecular complexity index is 503. The molecule has 16 heavy (non-hydrogen) atoms. The molecule has 1 aliphatic heterocycles. The van der Waals surface area contributed by atoms with Crippen molar-refractivity contribution in [2.24, 2.45) is 7.05 Å². The summed E-state index contributed by atoms with van der Waals surface area (Å²) in [6.07, 6.45) is 5.57. The van der Waals surface area contributed by atoms with Gasteiger partial charge in [-0.3, -0.25) is 9.52 Å². The first-order valence-corrected chi connectivity index (χ1v) is 5.39. The van der Waals surface area contributed by atoms with Gasteiger partial charge < -0.3 is 0 Å². The number of anilines is 1. The van der Waals surface area contributed by atoms with Gasteiger partial charge >= 0.3 is 0 Å². The van der Waals surface area contributed by atoms with Crippen molar-refractivity contribution in [1.82, 2.24) is 19.7 Å². The third-order valence-corrected chi connectivity index (χ3v) is 2.75. The second kappa shape index (κ2) is 3.71. The van der Waals surface area contributed by atoms with Gasteiger partial charge in [-0.05, 0) is 12.8 Å². The Kier molecular flexibility index (Phi) is 2.21. The first kappa shape index (κ1) is 9.53. The second-order valence-electron chi connectivity index (χ2n) is 3.85. The number of aryl methyl sites for hydroxylation is 1. The third kappa shape index (κ3) is 1.42. The first-order valence-electron chi connectivity index (χ1n) is 5.39. The Hall–Kier alpha value is -1.69. The predicted octanol–water partition coefficient (Wildman–Crippen LogP) is 0.895. The molecule has 0 aromatic carbocycles. The molecule has 0 unspecified atom stereocenters. The molecule has 6 heteroatoms. The van der Waals surface area contributed by atoms with Gasteiger partial charge in [0.25, 0.3) is 0 Å². The third-order valence-electron chi connectivity index (χ3n) is 2.75. The average molecular weight is 219 g/mol. The molecular formula is C10H13N5O. The fraction of sp³-hybridized carbons (Fsp3) is 0.500. The molecule has 2 aromatic rings. The molecule has 1 fully saturated rings. The van der Waals surface area contributed by atoms with Gasteiger partial charge in [0.2, 0.25) is 0 Å². The fourth-order valence-electron chi connectivity index (χ4n) is 1.91. The Morgan fingerprint density at radius 1 is 1.31 bits per heavy atom. The van der Waals surface area contributed by atoms with Crippen LogP contribution in [0.4, 0.5) is 5.82 Å². The van der Waals surface area contributed by atoms with Crippen LogP contribution in [0, 0.1) is 0 Å². The van der Waals surface area contributed by atoms with Gasteiger partial charge in [-0.15, -0.1) is 0 Å². The van der Waals surface area contributed by atoms with E-state index in [0.717, 1.165) is 42.8 Å². The van der Waals surface area contributed by atoms with Crippen molar-refractivity contribution in [3.8, 4) is 0 Å². The SMILES string of the molecule is Cn1ncc2c(N3CCCCO3)ncnc21. The molecule has 6 nitrogen and oxygen atoms in total. The van der Waals surface area contributed by atoms with Crippen LogP contribution in [-0.4, -0.2) is 32.9 Å². The molecule has 0 spiro atoms. The molecule has 84 valence electrons. The second-order valence-corrected chi connectivity index (χ2v) is 3.85. The van der Waals surface area contributed by atoms with Crippen LogP contribution in [0.5, 0.6) is 0 Å². The zero-order chi connectivity index (χ0) is 11.0. The molecule has 2 aromatic heterocycles. The Morgan fingerprint density at radius 3 is 3.06 bits per heavy atom. The molecular weight excluding hydrogens is 206 g/mol. The summed E-state index contributed by atoms with van der Waals surface area (Å²) >= 11 is 0. The van der Waals surface area contributed by atoms with E-state index in [1.807, 2.05) is 12.1 Å². The highest BCUT2D eigenvalue weighted by molar-refractivity contribution is 5.86. The van der Waals surface area contributed by atoms with Gasteiger partial charge in [-0.1, -0.05) is 0 Å². The van der Waals surface area contributed by atoms with Crippen molar-refractivity contribution in [2.75, 3.05) is 18.2 Å². The molecule has 0 saturated carbocycles. The summed E-state index contributed by atoms with van der Waals surface area (Å²) in [4.78, 5) is 14.1. The smallest absolute Gasteiger partial charge is 0.166 e. The van der Waals surface area contributed by atoms with Crippen LogP contribution in [0.2, 0.25) is 0 Å². The number of hydrogen-bond donors (Lipinski definition) is 0. The van der Waals surface area contributed by atoms with Gasteiger partial charge in [0.15, 0.2) is 11.5 Å². The Labute approximate surface area is 92.8 Å². The van der Waals surface area contributed by atoms with Crippen LogP contribution >= 0.6 is 0 Å². The zero-order valence-corrected chi connectivity index (χ0v) is 9.13. The number of rotatable bonds is 1. The van der Waals surface area contributed by atoms with Crippen LogP contribution in [-0.2, 0) is 11.9 Å². The summed E-state index contributed by atoms with van der Waals surface area (Å²) in [5.41, 5.74) is 0.833. The number of aromatic nitrogens is 4. The lowest BCUT2D eigenvalue weighted by atomic mass is 10.3. The summed E-state index contributed by atoms with van der Waals surface area (Å²) in [6.45, 7) is 1.63. The standard InChI is InChI=1S/C10H13N5O/c1-14-9-8(6-13-14)10(12-7-11-9)15-4-2-3-5-16-15/h6-7H,2-5H2,1H3. The predicted molar refractivity (Wildman–Crippen MR) is 58.8 cm³/mol. The molecule has 0 atom stereocenters. The maximum absolute atomic E-state index is 5.59. The molecule has 1 aliphatic rings. The van der Waals surface area contributed by atoms with Crippen molar-refractivity contribution >= 4 is 16.9 Å². The van der Waals surface area contributed by atoms with Gasteiger partial charge in [0.1, 0.15) is 6.33 Å². The van der Waals surface area contributed by atoms with Gasteiger partial charge in [-0.25, -0.2) is 15.0 Å². The number of hydroxylamine groups is 1. The lowest BCUT2D eigenvalue weighted by Crippen LogP contribution is -2.30. The quantitative estimate of drug-likeness (QED) is 0.713. The molecule has 0 radical (unpaired) electrons. The first-order chi connectivity index (χ1) is 7.86. The number of fused-ring (bicyclic) bond motifs is 1. The molecule has 3 rings (SSSR count). The van der Waals surface area contributed by atoms with E-state index in [1.165, 1.54) is 0 Å². The largest absolute Gasteiger partial charge is 0.272 e. The zero-order valence-electron chi connectivity index (χ0n) is 9.13. The molecule has 0 N–H and O–H groups in total. The van der Waals surface area contributed by atoms with E-state index in [4.69, 9.17) is 4.84 Å². The summed E-state index contributed by atoms with van der Waals surface area (Å²) in [5, 5.41) is 6.96. The van der Waals surface area contributed by atoms with Crippen molar-refractivity contribution in [1.29, 1.82) is 0 Å². The summed E-state index contributed by atoms with van der Waals surface area (Å²) in [6, 6.07) is 0. The topological polar surface area (TPSA) is 56.1 Å². The van der Waals surface area contributed by atoms with Crippen LogP contribution < -0.4 is 5.06 Å². The Morgan fingerprint density at radius 2 is 2.25 bits per heavy atom. The maximum atomic E-state index is 5.59. The van der Waals surface area contributed by atoms with E-state index in [1.54, 1.807) is 17.2 Å². The van der Waals surface area contributed by atoms with Crippen LogP contribution in [0.1, 0.15) is 12.8 Å². The van der Waals surface area contributed by atoms with Gasteiger partial charge in [0, 0.05) is 13.6 Å². The molecule has 3 heterocycles. The molecule has 0 bridgehead atoms. The lowest BCUT2D eigenvalue weighted by Gasteiger charge is -2.26. The number of hydrogen-bond acceptors (Lipinski definition) is 5. The fourth-order valence-corrected chi connectivity index (χ4v) is 1.91. The van der Waals surface area contributed by atoms with Crippen molar-refractivity contribution in [3.63, 3.8) is 0 Å². The van der Waals surface area contributed by atoms with Gasteiger partial charge in [-0.2, -0.15) is 5.10 Å². The minimum absolute atomic E-state index is 0.756. The highest BCUT2D eigenvalue weighted by Crippen LogP contribution is 2.24. The van der Waals surface area contributed by atoms with Crippen molar-refractivity contribution < 1.29 is 4.84 Å². The lowest BCUT2D eigenvalue weighted by molar-refractivity contribution is 0.0767. The summed E-state index contributed by atoms with van der Waals surface area (Å²) < 4.78 is 1.74. The minimum Gasteiger partial charge on any atom is -0.272 e. The average Bonchev–Trinajstić information content (AvgIpc) is 2.73. The maximum Gasteiger partial charge on any atom is 0.166 e. The monoisotopic (exact) mass is 219 g/mol. The molecule has 0 aliphatic carbocycles. The highest BCUT2D eigenvalue weighted by atomic mass is 16.7. The van der Waals surface area contributed by atoms with E-state index < -0.39 is 0 Å². The van der Waals surface area contributed by atoms with E-state index >= 15 is 0 Å². The van der Waals surface area contributed by atoms with Gasteiger partial charge in [0.05, 0.1) is 18.2 Å². The normalized spacial score (nSPS) is 16.9. The van der Waals surface area contributed by atoms with Crippen LogP contribution in [0.3, 0.4) is 0 Å². The van der Waals surface area contributed by atoms with E-state index in [0.29, 0.717) is 0 Å². The molecule has 1 saturated heterocycles. The van der Waals surface area contributed by atoms with Crippen LogP contribution in [0.25, 0.3) is 11.0 Å². The summed E-state index contributed by atoms with van der Waals surface area (Å²) in [7, 11) is 1.87. The Balaban J connectivity index is 2.08. The number of nitrogens with zero attached hydrogens (tertiary/aromatic N) is 5. The van der Waals surface area contributed by atoms with Crippen molar-refractivity contribution in [2.45, 2.75) is 12.8 Å². The van der Waals surface area contributed by atoms with Crippen molar-refractivity contribution in [3.05, 3.63) is 12.5 Å². The highest BCUT2D eigenvalue weighted by Gasteiger charge is 2.17. The van der Waals surface area contributed by atoms with E-state index in [9.17, 15) is 0 Å². The minimum atomic E-state index is 0.756. The molecule has 0 amide bonds. The van der Waals surface area contributed by atoms with Crippen LogP contribution in [0.15, 0.2) is 12.5 Å².